The number of halogens is 4. The van der Waals surface area contributed by atoms with Crippen LogP contribution in [0.1, 0.15) is 40.5 Å². The van der Waals surface area contributed by atoms with E-state index in [1.54, 1.807) is 13.0 Å². The van der Waals surface area contributed by atoms with Crippen molar-refractivity contribution in [2.24, 2.45) is 0 Å². The average molecular weight is 475 g/mol. The van der Waals surface area contributed by atoms with Gasteiger partial charge in [0.25, 0.3) is 0 Å². The van der Waals surface area contributed by atoms with Crippen LogP contribution in [0, 0.1) is 13.8 Å². The lowest BCUT2D eigenvalue weighted by atomic mass is 9.98. The Balaban J connectivity index is 1.89. The van der Waals surface area contributed by atoms with Gasteiger partial charge in [0.2, 0.25) is 0 Å². The summed E-state index contributed by atoms with van der Waals surface area (Å²) in [6, 6.07) is 3.57. The molecule has 30 heavy (non-hydrogen) atoms. The van der Waals surface area contributed by atoms with Crippen LogP contribution >= 0.6 is 34.5 Å². The minimum Gasteiger partial charge on any atom is -0.488 e. The molecular weight excluding hydrogens is 457 g/mol. The Bertz CT molecular complexity index is 1080. The molecule has 0 saturated carbocycles. The van der Waals surface area contributed by atoms with Crippen molar-refractivity contribution in [3.63, 3.8) is 0 Å². The number of aromatic nitrogens is 2. The first-order valence-corrected chi connectivity index (χ1v) is 10.9. The molecule has 0 aliphatic heterocycles. The summed E-state index contributed by atoms with van der Waals surface area (Å²) in [7, 11) is 0. The number of Topliss-reactive ketones (excluding diaryl/α,β-unsaturated/α-hetero) is 1. The Labute approximate surface area is 184 Å². The lowest BCUT2D eigenvalue weighted by Crippen LogP contribution is -2.09. The zero-order chi connectivity index (χ0) is 22.1. The van der Waals surface area contributed by atoms with Crippen molar-refractivity contribution in [2.75, 3.05) is 0 Å². The summed E-state index contributed by atoms with van der Waals surface area (Å²) in [5, 5.41) is 0.317. The molecule has 0 aliphatic rings. The molecule has 160 valence electrons. The maximum absolute atomic E-state index is 13.5. The largest absolute Gasteiger partial charge is 0.488 e. The fourth-order valence-electron chi connectivity index (χ4n) is 2.94. The highest BCUT2D eigenvalue weighted by atomic mass is 35.5. The van der Waals surface area contributed by atoms with Crippen molar-refractivity contribution in [3.8, 4) is 16.5 Å². The van der Waals surface area contributed by atoms with Crippen LogP contribution in [0.3, 0.4) is 0 Å². The summed E-state index contributed by atoms with van der Waals surface area (Å²) in [6.07, 6.45) is -2.11. The minimum atomic E-state index is -4.54. The number of ketones is 1. The number of carbonyl (C=O) groups excluding carboxylic acids is 1. The molecule has 0 radical (unpaired) electrons. The van der Waals surface area contributed by atoms with Gasteiger partial charge in [-0.15, -0.1) is 11.3 Å². The number of rotatable bonds is 7. The van der Waals surface area contributed by atoms with E-state index in [1.807, 2.05) is 19.9 Å². The predicted molar refractivity (Wildman–Crippen MR) is 112 cm³/mol. The lowest BCUT2D eigenvalue weighted by molar-refractivity contribution is -0.135. The van der Waals surface area contributed by atoms with Gasteiger partial charge in [-0.25, -0.2) is 4.98 Å². The van der Waals surface area contributed by atoms with Gasteiger partial charge in [-0.05, 0) is 61.5 Å². The summed E-state index contributed by atoms with van der Waals surface area (Å²) in [5.41, 5.74) is 2.88. The fourth-order valence-corrected chi connectivity index (χ4v) is 4.67. The molecule has 0 unspecified atom stereocenters. The van der Waals surface area contributed by atoms with Gasteiger partial charge in [-0.3, -0.25) is 0 Å². The highest BCUT2D eigenvalue weighted by Crippen LogP contribution is 2.41. The number of nitrogens with zero attached hydrogens (tertiary/aromatic N) is 2. The van der Waals surface area contributed by atoms with Crippen LogP contribution in [0.4, 0.5) is 13.2 Å². The third kappa shape index (κ3) is 5.01. The average Bonchev–Trinajstić information content (AvgIpc) is 3.27. The number of alkyl halides is 3. The normalized spacial score (nSPS) is 11.7. The van der Waals surface area contributed by atoms with E-state index in [-0.39, 0.29) is 23.6 Å². The van der Waals surface area contributed by atoms with E-state index in [9.17, 15) is 18.0 Å². The van der Waals surface area contributed by atoms with Crippen molar-refractivity contribution in [1.29, 1.82) is 0 Å². The summed E-state index contributed by atoms with van der Waals surface area (Å²) in [4.78, 5) is 14.5. The van der Waals surface area contributed by atoms with Crippen LogP contribution in [0.2, 0.25) is 4.34 Å². The molecule has 0 fully saturated rings. The standard InChI is InChI=1S/C20H18ClF3N2O2S2/c1-10(27)4-5-13-6-7-15(12(3)11(13)2)28-9-14-17(19-25-8-16(21)29-19)26-30-18(14)20(22,23)24/h6-8H,4-5,9H2,1-3H3. The predicted octanol–water partition coefficient (Wildman–Crippen LogP) is 6.66. The van der Waals surface area contributed by atoms with Crippen LogP contribution in [0.5, 0.6) is 5.75 Å². The molecule has 0 spiro atoms. The van der Waals surface area contributed by atoms with Gasteiger partial charge in [-0.2, -0.15) is 17.5 Å². The van der Waals surface area contributed by atoms with Gasteiger partial charge >= 0.3 is 6.18 Å². The number of hydrogen-bond donors (Lipinski definition) is 0. The lowest BCUT2D eigenvalue weighted by Gasteiger charge is -2.15. The molecule has 0 atom stereocenters. The Kier molecular flexibility index (Phi) is 6.84. The maximum atomic E-state index is 13.5. The molecular formula is C20H18ClF3N2O2S2. The third-order valence-corrected chi connectivity index (χ3v) is 6.75. The summed E-state index contributed by atoms with van der Waals surface area (Å²) in [6.45, 7) is 5.00. The van der Waals surface area contributed by atoms with E-state index in [0.29, 0.717) is 39.5 Å². The minimum absolute atomic E-state index is 0.0591. The number of aryl methyl sites for hydroxylation is 1. The van der Waals surface area contributed by atoms with E-state index in [1.165, 1.54) is 6.20 Å². The van der Waals surface area contributed by atoms with E-state index in [0.717, 1.165) is 28.0 Å². The zero-order valence-corrected chi connectivity index (χ0v) is 18.8. The van der Waals surface area contributed by atoms with Gasteiger partial charge in [0.05, 0.1) is 6.20 Å². The smallest absolute Gasteiger partial charge is 0.427 e. The highest BCUT2D eigenvalue weighted by Gasteiger charge is 2.38. The summed E-state index contributed by atoms with van der Waals surface area (Å²) >= 11 is 7.33. The third-order valence-electron chi connectivity index (χ3n) is 4.69. The zero-order valence-electron chi connectivity index (χ0n) is 16.4. The van der Waals surface area contributed by atoms with Crippen molar-refractivity contribution in [2.45, 2.75) is 46.4 Å². The molecule has 0 saturated heterocycles. The van der Waals surface area contributed by atoms with Gasteiger partial charge in [0, 0.05) is 12.0 Å². The second-order valence-corrected chi connectivity index (χ2v) is 9.21. The van der Waals surface area contributed by atoms with Gasteiger partial charge in [-0.1, -0.05) is 17.7 Å². The number of ether oxygens (including phenoxy) is 1. The van der Waals surface area contributed by atoms with Crippen molar-refractivity contribution < 1.29 is 22.7 Å². The Morgan fingerprint density at radius 2 is 1.97 bits per heavy atom. The van der Waals surface area contributed by atoms with E-state index in [2.05, 4.69) is 9.36 Å². The van der Waals surface area contributed by atoms with Crippen LogP contribution in [0.25, 0.3) is 10.7 Å². The van der Waals surface area contributed by atoms with Crippen LogP contribution in [0.15, 0.2) is 18.3 Å². The quantitative estimate of drug-likeness (QED) is 0.384. The first kappa shape index (κ1) is 22.7. The number of carbonyl (C=O) groups is 1. The first-order chi connectivity index (χ1) is 14.1. The second kappa shape index (κ2) is 9.03. The van der Waals surface area contributed by atoms with Crippen LogP contribution in [-0.4, -0.2) is 15.1 Å². The van der Waals surface area contributed by atoms with Crippen molar-refractivity contribution in [1.82, 2.24) is 9.36 Å². The van der Waals surface area contributed by atoms with Gasteiger partial charge < -0.3 is 9.53 Å². The molecule has 2 heterocycles. The van der Waals surface area contributed by atoms with E-state index >= 15 is 0 Å². The number of thiazole rings is 1. The van der Waals surface area contributed by atoms with E-state index < -0.39 is 11.1 Å². The van der Waals surface area contributed by atoms with Gasteiger partial charge in [0.15, 0.2) is 0 Å². The van der Waals surface area contributed by atoms with Crippen LogP contribution in [-0.2, 0) is 24.0 Å². The van der Waals surface area contributed by atoms with Crippen LogP contribution < -0.4 is 4.74 Å². The molecule has 10 heteroatoms. The Morgan fingerprint density at radius 1 is 1.23 bits per heavy atom. The molecule has 0 N–H and O–H groups in total. The van der Waals surface area contributed by atoms with E-state index in [4.69, 9.17) is 16.3 Å². The molecule has 2 aromatic heterocycles. The number of hydrogen-bond acceptors (Lipinski definition) is 6. The molecule has 0 amide bonds. The monoisotopic (exact) mass is 474 g/mol. The molecule has 1 aromatic carbocycles. The Hall–Kier alpha value is -1.97. The number of benzene rings is 1. The van der Waals surface area contributed by atoms with Crippen molar-refractivity contribution >= 4 is 40.3 Å². The SMILES string of the molecule is CC(=O)CCc1ccc(OCc2c(-c3ncc(Cl)s3)nsc2C(F)(F)F)c(C)c1C. The second-order valence-electron chi connectivity index (χ2n) is 6.77. The molecule has 4 nitrogen and oxygen atoms in total. The summed E-state index contributed by atoms with van der Waals surface area (Å²) < 4.78 is 50.6. The first-order valence-electron chi connectivity index (χ1n) is 8.96. The molecule has 0 bridgehead atoms. The Morgan fingerprint density at radius 3 is 2.57 bits per heavy atom. The fraction of sp³-hybridized carbons (Fsp3) is 0.350. The topological polar surface area (TPSA) is 52.1 Å². The molecule has 3 aromatic rings. The summed E-state index contributed by atoms with van der Waals surface area (Å²) in [5.74, 6) is 0.591. The maximum Gasteiger partial charge on any atom is 0.427 e. The highest BCUT2D eigenvalue weighted by molar-refractivity contribution is 7.19. The van der Waals surface area contributed by atoms with Gasteiger partial charge in [0.1, 0.15) is 38.1 Å². The molecule has 0 aliphatic carbocycles. The van der Waals surface area contributed by atoms with Crippen molar-refractivity contribution in [3.05, 3.63) is 49.8 Å². The molecule has 3 rings (SSSR count).